The Morgan fingerprint density at radius 3 is 2.56 bits per heavy atom. The monoisotopic (exact) mass is 526 g/mol. The summed E-state index contributed by atoms with van der Waals surface area (Å²) < 4.78 is 5.47. The van der Waals surface area contributed by atoms with E-state index in [1.165, 1.54) is 23.3 Å². The van der Waals surface area contributed by atoms with Crippen LogP contribution in [0.3, 0.4) is 0 Å². The van der Waals surface area contributed by atoms with Crippen molar-refractivity contribution in [1.82, 2.24) is 0 Å². The second-order valence-corrected chi connectivity index (χ2v) is 12.2. The summed E-state index contributed by atoms with van der Waals surface area (Å²) in [5.74, 6) is 0.204. The van der Waals surface area contributed by atoms with Gasteiger partial charge >= 0.3 is 5.97 Å². The van der Waals surface area contributed by atoms with Crippen molar-refractivity contribution in [2.24, 2.45) is 11.3 Å². The van der Waals surface area contributed by atoms with Crippen molar-refractivity contribution in [2.45, 2.75) is 71.1 Å². The largest absolute Gasteiger partial charge is 0.461 e. The highest BCUT2D eigenvalue weighted by atomic mass is 35.5. The molecule has 0 amide bonds. The number of rotatable bonds is 11. The van der Waals surface area contributed by atoms with Crippen LogP contribution in [0.4, 0.5) is 0 Å². The van der Waals surface area contributed by atoms with Crippen LogP contribution in [0.15, 0.2) is 18.2 Å². The van der Waals surface area contributed by atoms with Crippen molar-refractivity contribution in [1.29, 1.82) is 0 Å². The normalized spacial score (nSPS) is 18.4. The number of hydrogen-bond donors (Lipinski definition) is 2. The van der Waals surface area contributed by atoms with E-state index in [-0.39, 0.29) is 19.8 Å². The molecule has 188 valence electrons. The second-order valence-electron chi connectivity index (χ2n) is 10.00. The first-order valence-corrected chi connectivity index (χ1v) is 13.8. The van der Waals surface area contributed by atoms with Gasteiger partial charge in [-0.3, -0.25) is 0 Å². The Morgan fingerprint density at radius 1 is 1.21 bits per heavy atom. The first kappa shape index (κ1) is 27.5. The van der Waals surface area contributed by atoms with E-state index in [1.807, 2.05) is 12.1 Å². The predicted molar refractivity (Wildman–Crippen MR) is 141 cm³/mol. The molecule has 2 unspecified atom stereocenters. The Bertz CT molecular complexity index is 983. The average molecular weight is 528 g/mol. The lowest BCUT2D eigenvalue weighted by Crippen LogP contribution is -2.32. The van der Waals surface area contributed by atoms with Gasteiger partial charge in [0, 0.05) is 26.3 Å². The third-order valence-corrected chi connectivity index (χ3v) is 8.56. The number of aliphatic hydroxyl groups is 2. The predicted octanol–water partition coefficient (Wildman–Crippen LogP) is 6.82. The maximum Gasteiger partial charge on any atom is 0.348 e. The van der Waals surface area contributed by atoms with E-state index in [4.69, 9.17) is 27.9 Å². The van der Waals surface area contributed by atoms with Crippen molar-refractivity contribution in [3.05, 3.63) is 44.1 Å². The van der Waals surface area contributed by atoms with Crippen LogP contribution in [0.1, 0.15) is 71.6 Å². The molecule has 7 heteroatoms. The molecule has 1 aromatic carbocycles. The third-order valence-electron chi connectivity index (χ3n) is 6.69. The highest BCUT2D eigenvalue weighted by Gasteiger charge is 2.27. The highest BCUT2D eigenvalue weighted by Crippen LogP contribution is 2.41. The molecule has 2 N–H and O–H groups in total. The van der Waals surface area contributed by atoms with Crippen LogP contribution in [0.5, 0.6) is 0 Å². The van der Waals surface area contributed by atoms with Gasteiger partial charge in [-0.25, -0.2) is 4.79 Å². The fraction of sp³-hybridized carbons (Fsp3) is 0.593. The number of carbonyl (C=O) groups is 1. The quantitative estimate of drug-likeness (QED) is 0.249. The molecular weight excluding hydrogens is 491 g/mol. The highest BCUT2D eigenvalue weighted by molar-refractivity contribution is 7.14. The van der Waals surface area contributed by atoms with E-state index in [1.54, 1.807) is 6.92 Å². The van der Waals surface area contributed by atoms with Crippen molar-refractivity contribution < 1.29 is 19.7 Å². The minimum atomic E-state index is -0.863. The molecular formula is C27H36Cl2O4S. The zero-order chi connectivity index (χ0) is 24.9. The van der Waals surface area contributed by atoms with Gasteiger partial charge in [0.15, 0.2) is 0 Å². The van der Waals surface area contributed by atoms with Gasteiger partial charge < -0.3 is 14.9 Å². The molecule has 2 aromatic rings. The van der Waals surface area contributed by atoms with Crippen LogP contribution in [0.2, 0.25) is 5.02 Å². The summed E-state index contributed by atoms with van der Waals surface area (Å²) in [4.78, 5) is 14.5. The molecule has 0 saturated heterocycles. The summed E-state index contributed by atoms with van der Waals surface area (Å²) in [6.45, 7) is 5.29. The molecule has 0 bridgehead atoms. The van der Waals surface area contributed by atoms with Gasteiger partial charge in [0.25, 0.3) is 0 Å². The maximum atomic E-state index is 12.9. The van der Waals surface area contributed by atoms with Gasteiger partial charge in [-0.2, -0.15) is 0 Å². The first-order valence-electron chi connectivity index (χ1n) is 12.1. The summed E-state index contributed by atoms with van der Waals surface area (Å²) in [7, 11) is 0. The van der Waals surface area contributed by atoms with E-state index < -0.39 is 11.4 Å². The number of esters is 1. The lowest BCUT2D eigenvalue weighted by Gasteiger charge is -2.23. The number of aliphatic hydroxyl groups excluding tert-OH is 2. The number of halogens is 2. The van der Waals surface area contributed by atoms with Crippen LogP contribution in [-0.2, 0) is 17.6 Å². The number of hydrogen-bond acceptors (Lipinski definition) is 5. The van der Waals surface area contributed by atoms with Gasteiger partial charge in [0.05, 0.1) is 13.2 Å². The Balaban J connectivity index is 1.90. The van der Waals surface area contributed by atoms with Gasteiger partial charge in [-0.1, -0.05) is 37.9 Å². The molecule has 4 nitrogen and oxygen atoms in total. The Hall–Kier alpha value is -1.11. The molecule has 1 aliphatic carbocycles. The number of thiophene rings is 1. The molecule has 1 fully saturated rings. The average Bonchev–Trinajstić information content (AvgIpc) is 3.42. The summed E-state index contributed by atoms with van der Waals surface area (Å²) in [5.41, 5.74) is 3.50. The molecule has 1 heterocycles. The number of benzene rings is 1. The van der Waals surface area contributed by atoms with Gasteiger partial charge in [-0.05, 0) is 80.2 Å². The van der Waals surface area contributed by atoms with Crippen LogP contribution < -0.4 is 0 Å². The second kappa shape index (κ2) is 12.2. The fourth-order valence-electron chi connectivity index (χ4n) is 4.55. The molecule has 1 saturated carbocycles. The van der Waals surface area contributed by atoms with E-state index >= 15 is 0 Å². The third kappa shape index (κ3) is 6.76. The molecule has 0 aliphatic heterocycles. The molecule has 0 spiro atoms. The molecule has 34 heavy (non-hydrogen) atoms. The minimum Gasteiger partial charge on any atom is -0.461 e. The standard InChI is InChI=1S/C27H36Cl2O4S/c1-4-5-23-21(13-24(34-23)26(32)33-16-27(3,14-30)15-31)25-19(10-17(2)11-22(25)29)8-6-18-7-9-20(28)12-18/h10-11,13,18,20,30-31H,4-9,12,14-16H2,1-3H3. The lowest BCUT2D eigenvalue weighted by atomic mass is 9.91. The van der Waals surface area contributed by atoms with E-state index in [0.717, 1.165) is 60.1 Å². The van der Waals surface area contributed by atoms with E-state index in [9.17, 15) is 15.0 Å². The fourth-order valence-corrected chi connectivity index (χ4v) is 6.49. The van der Waals surface area contributed by atoms with E-state index in [2.05, 4.69) is 19.9 Å². The molecule has 3 rings (SSSR count). The van der Waals surface area contributed by atoms with E-state index in [0.29, 0.717) is 21.2 Å². The zero-order valence-corrected chi connectivity index (χ0v) is 22.7. The molecule has 2 atom stereocenters. The summed E-state index contributed by atoms with van der Waals surface area (Å²) in [6, 6.07) is 6.11. The Labute approximate surface area is 217 Å². The van der Waals surface area contributed by atoms with Crippen LogP contribution in [0, 0.1) is 18.3 Å². The minimum absolute atomic E-state index is 0.0470. The zero-order valence-electron chi connectivity index (χ0n) is 20.3. The van der Waals surface area contributed by atoms with Gasteiger partial charge in [-0.15, -0.1) is 22.9 Å². The Kier molecular flexibility index (Phi) is 9.88. The summed E-state index contributed by atoms with van der Waals surface area (Å²) >= 11 is 14.6. The number of aryl methyl sites for hydroxylation is 3. The summed E-state index contributed by atoms with van der Waals surface area (Å²) in [6.07, 6.45) is 7.16. The number of alkyl halides is 1. The lowest BCUT2D eigenvalue weighted by molar-refractivity contribution is -0.00595. The SMILES string of the molecule is CCCc1sc(C(=O)OCC(C)(CO)CO)cc1-c1c(Cl)cc(C)cc1CCC1CCC(Cl)C1. The van der Waals surface area contributed by atoms with Gasteiger partial charge in [0.1, 0.15) is 11.5 Å². The maximum absolute atomic E-state index is 12.9. The van der Waals surface area contributed by atoms with Crippen LogP contribution in [-0.4, -0.2) is 41.4 Å². The topological polar surface area (TPSA) is 66.8 Å². The Morgan fingerprint density at radius 2 is 1.94 bits per heavy atom. The summed E-state index contributed by atoms with van der Waals surface area (Å²) in [5, 5.41) is 20.0. The number of carbonyl (C=O) groups excluding carboxylic acids is 1. The van der Waals surface area contributed by atoms with Crippen molar-refractivity contribution >= 4 is 40.5 Å². The van der Waals surface area contributed by atoms with Gasteiger partial charge in [0.2, 0.25) is 0 Å². The first-order chi connectivity index (χ1) is 16.2. The van der Waals surface area contributed by atoms with Crippen LogP contribution in [0.25, 0.3) is 11.1 Å². The smallest absolute Gasteiger partial charge is 0.348 e. The van der Waals surface area contributed by atoms with Crippen molar-refractivity contribution in [2.75, 3.05) is 19.8 Å². The molecule has 1 aliphatic rings. The number of ether oxygens (including phenoxy) is 1. The molecule has 0 radical (unpaired) electrons. The van der Waals surface area contributed by atoms with Crippen molar-refractivity contribution in [3.8, 4) is 11.1 Å². The van der Waals surface area contributed by atoms with Crippen LogP contribution >= 0.6 is 34.5 Å². The van der Waals surface area contributed by atoms with Crippen molar-refractivity contribution in [3.63, 3.8) is 0 Å². The molecule has 1 aromatic heterocycles.